The first-order chi connectivity index (χ1) is 11.6. The standard InChI is InChI=1S/C16H20ClN5O2/c1-12-18-16(24-20-12)11-22-8-6-21(7-9-22)10-15(23)19-14-5-3-2-4-13(14)17/h2-5H,6-11H2,1H3,(H,19,23). The number of aromatic nitrogens is 2. The largest absolute Gasteiger partial charge is 0.338 e. The Hall–Kier alpha value is -1.96. The summed E-state index contributed by atoms with van der Waals surface area (Å²) >= 11 is 6.05. The molecule has 0 radical (unpaired) electrons. The van der Waals surface area contributed by atoms with Gasteiger partial charge in [-0.25, -0.2) is 0 Å². The molecule has 1 aliphatic heterocycles. The van der Waals surface area contributed by atoms with Crippen LogP contribution in [0.5, 0.6) is 0 Å². The van der Waals surface area contributed by atoms with E-state index in [1.165, 1.54) is 0 Å². The number of aryl methyl sites for hydroxylation is 1. The predicted molar refractivity (Wildman–Crippen MR) is 90.8 cm³/mol. The molecule has 8 heteroatoms. The van der Waals surface area contributed by atoms with Crippen LogP contribution in [0.2, 0.25) is 5.02 Å². The molecule has 0 saturated carbocycles. The lowest BCUT2D eigenvalue weighted by molar-refractivity contribution is -0.117. The van der Waals surface area contributed by atoms with Crippen LogP contribution in [-0.4, -0.2) is 58.6 Å². The van der Waals surface area contributed by atoms with Gasteiger partial charge in [0.1, 0.15) is 0 Å². The Balaban J connectivity index is 1.43. The summed E-state index contributed by atoms with van der Waals surface area (Å²) in [5, 5.41) is 7.20. The third-order valence-electron chi connectivity index (χ3n) is 3.91. The van der Waals surface area contributed by atoms with E-state index in [9.17, 15) is 4.79 Å². The molecule has 1 aliphatic rings. The second-order valence-electron chi connectivity index (χ2n) is 5.82. The molecule has 128 valence electrons. The monoisotopic (exact) mass is 349 g/mol. The smallest absolute Gasteiger partial charge is 0.240 e. The molecule has 1 aromatic carbocycles. The second-order valence-corrected chi connectivity index (χ2v) is 6.22. The zero-order chi connectivity index (χ0) is 16.9. The Kier molecular flexibility index (Phi) is 5.44. The maximum absolute atomic E-state index is 12.1. The topological polar surface area (TPSA) is 74.5 Å². The number of nitrogens with zero attached hydrogens (tertiary/aromatic N) is 4. The number of piperazine rings is 1. The molecule has 0 aliphatic carbocycles. The van der Waals surface area contributed by atoms with Crippen LogP contribution in [-0.2, 0) is 11.3 Å². The van der Waals surface area contributed by atoms with Crippen LogP contribution in [0, 0.1) is 6.92 Å². The van der Waals surface area contributed by atoms with E-state index in [2.05, 4.69) is 25.3 Å². The number of carbonyl (C=O) groups is 1. The molecular weight excluding hydrogens is 330 g/mol. The number of halogens is 1. The van der Waals surface area contributed by atoms with Crippen LogP contribution in [0.3, 0.4) is 0 Å². The lowest BCUT2D eigenvalue weighted by Gasteiger charge is -2.33. The van der Waals surface area contributed by atoms with Crippen LogP contribution in [0.1, 0.15) is 11.7 Å². The molecule has 1 amide bonds. The summed E-state index contributed by atoms with van der Waals surface area (Å²) in [6.07, 6.45) is 0. The van der Waals surface area contributed by atoms with Crippen molar-refractivity contribution in [1.82, 2.24) is 19.9 Å². The van der Waals surface area contributed by atoms with E-state index in [4.69, 9.17) is 16.1 Å². The number of nitrogens with one attached hydrogen (secondary N) is 1. The Morgan fingerprint density at radius 2 is 1.96 bits per heavy atom. The van der Waals surface area contributed by atoms with Crippen molar-refractivity contribution in [2.24, 2.45) is 0 Å². The van der Waals surface area contributed by atoms with E-state index >= 15 is 0 Å². The van der Waals surface area contributed by atoms with Gasteiger partial charge < -0.3 is 9.84 Å². The van der Waals surface area contributed by atoms with Crippen molar-refractivity contribution in [2.45, 2.75) is 13.5 Å². The first-order valence-corrected chi connectivity index (χ1v) is 8.26. The molecule has 1 fully saturated rings. The molecule has 0 atom stereocenters. The summed E-state index contributed by atoms with van der Waals surface area (Å²) in [6.45, 7) is 6.19. The lowest BCUT2D eigenvalue weighted by atomic mass is 10.3. The fourth-order valence-electron chi connectivity index (χ4n) is 2.66. The molecule has 3 rings (SSSR count). The highest BCUT2D eigenvalue weighted by Crippen LogP contribution is 2.20. The van der Waals surface area contributed by atoms with Crippen molar-refractivity contribution in [3.63, 3.8) is 0 Å². The zero-order valence-corrected chi connectivity index (χ0v) is 14.3. The van der Waals surface area contributed by atoms with Gasteiger partial charge in [0, 0.05) is 26.2 Å². The van der Waals surface area contributed by atoms with E-state index < -0.39 is 0 Å². The number of rotatable bonds is 5. The molecule has 1 N–H and O–H groups in total. The number of hydrogen-bond donors (Lipinski definition) is 1. The van der Waals surface area contributed by atoms with Crippen LogP contribution in [0.4, 0.5) is 5.69 Å². The maximum atomic E-state index is 12.1. The number of carbonyl (C=O) groups excluding carboxylic acids is 1. The highest BCUT2D eigenvalue weighted by atomic mass is 35.5. The van der Waals surface area contributed by atoms with Crippen molar-refractivity contribution in [2.75, 3.05) is 38.0 Å². The summed E-state index contributed by atoms with van der Waals surface area (Å²) in [5.74, 6) is 1.24. The Morgan fingerprint density at radius 1 is 1.25 bits per heavy atom. The molecule has 2 aromatic rings. The number of hydrogen-bond acceptors (Lipinski definition) is 6. The van der Waals surface area contributed by atoms with Crippen LogP contribution in [0.15, 0.2) is 28.8 Å². The Morgan fingerprint density at radius 3 is 2.62 bits per heavy atom. The molecule has 2 heterocycles. The van der Waals surface area contributed by atoms with Crippen LogP contribution >= 0.6 is 11.6 Å². The molecule has 0 unspecified atom stereocenters. The molecular formula is C16H20ClN5O2. The SMILES string of the molecule is Cc1noc(CN2CCN(CC(=O)Nc3ccccc3Cl)CC2)n1. The quantitative estimate of drug-likeness (QED) is 0.887. The van der Waals surface area contributed by atoms with Gasteiger partial charge in [0.2, 0.25) is 11.8 Å². The summed E-state index contributed by atoms with van der Waals surface area (Å²) in [5.41, 5.74) is 0.648. The summed E-state index contributed by atoms with van der Waals surface area (Å²) in [6, 6.07) is 7.24. The molecule has 24 heavy (non-hydrogen) atoms. The highest BCUT2D eigenvalue weighted by molar-refractivity contribution is 6.33. The third kappa shape index (κ3) is 4.53. The van der Waals surface area contributed by atoms with E-state index in [0.29, 0.717) is 35.5 Å². The first-order valence-electron chi connectivity index (χ1n) is 7.88. The molecule has 0 spiro atoms. The van der Waals surface area contributed by atoms with Crippen molar-refractivity contribution >= 4 is 23.2 Å². The van der Waals surface area contributed by atoms with Gasteiger partial charge >= 0.3 is 0 Å². The minimum atomic E-state index is -0.0518. The second kappa shape index (κ2) is 7.74. The number of benzene rings is 1. The molecule has 1 aromatic heterocycles. The number of anilines is 1. The minimum absolute atomic E-state index is 0.0518. The average Bonchev–Trinajstić information content (AvgIpc) is 2.96. The zero-order valence-electron chi connectivity index (χ0n) is 13.5. The predicted octanol–water partition coefficient (Wildman–Crippen LogP) is 1.79. The Bertz CT molecular complexity index is 697. The van der Waals surface area contributed by atoms with Crippen molar-refractivity contribution in [3.05, 3.63) is 41.0 Å². The van der Waals surface area contributed by atoms with Gasteiger partial charge in [0.15, 0.2) is 5.82 Å². The van der Waals surface area contributed by atoms with E-state index in [1.807, 2.05) is 19.1 Å². The van der Waals surface area contributed by atoms with E-state index in [-0.39, 0.29) is 5.91 Å². The fourth-order valence-corrected chi connectivity index (χ4v) is 2.84. The normalized spacial score (nSPS) is 16.2. The van der Waals surface area contributed by atoms with Crippen LogP contribution in [0.25, 0.3) is 0 Å². The number of para-hydroxylation sites is 1. The van der Waals surface area contributed by atoms with E-state index in [1.54, 1.807) is 12.1 Å². The van der Waals surface area contributed by atoms with Gasteiger partial charge in [-0.05, 0) is 19.1 Å². The average molecular weight is 350 g/mol. The summed E-state index contributed by atoms with van der Waals surface area (Å²) in [4.78, 5) is 20.7. The van der Waals surface area contributed by atoms with Gasteiger partial charge in [0.25, 0.3) is 0 Å². The van der Waals surface area contributed by atoms with Gasteiger partial charge in [-0.3, -0.25) is 14.6 Å². The minimum Gasteiger partial charge on any atom is -0.338 e. The van der Waals surface area contributed by atoms with Crippen LogP contribution < -0.4 is 5.32 Å². The lowest BCUT2D eigenvalue weighted by Crippen LogP contribution is -2.48. The summed E-state index contributed by atoms with van der Waals surface area (Å²) < 4.78 is 5.14. The first kappa shape index (κ1) is 16.9. The van der Waals surface area contributed by atoms with Crippen molar-refractivity contribution in [1.29, 1.82) is 0 Å². The Labute approximate surface area is 145 Å². The molecule has 0 bridgehead atoms. The van der Waals surface area contributed by atoms with Gasteiger partial charge in [-0.2, -0.15) is 4.98 Å². The fraction of sp³-hybridized carbons (Fsp3) is 0.438. The van der Waals surface area contributed by atoms with E-state index in [0.717, 1.165) is 26.2 Å². The number of amides is 1. The van der Waals surface area contributed by atoms with Crippen molar-refractivity contribution < 1.29 is 9.32 Å². The molecule has 7 nitrogen and oxygen atoms in total. The highest BCUT2D eigenvalue weighted by Gasteiger charge is 2.20. The molecule has 1 saturated heterocycles. The van der Waals surface area contributed by atoms with Gasteiger partial charge in [-0.1, -0.05) is 28.9 Å². The maximum Gasteiger partial charge on any atom is 0.240 e. The summed E-state index contributed by atoms with van der Waals surface area (Å²) in [7, 11) is 0. The van der Waals surface area contributed by atoms with Gasteiger partial charge in [0.05, 0.1) is 23.8 Å². The van der Waals surface area contributed by atoms with Crippen molar-refractivity contribution in [3.8, 4) is 0 Å². The van der Waals surface area contributed by atoms with Gasteiger partial charge in [-0.15, -0.1) is 0 Å². The third-order valence-corrected chi connectivity index (χ3v) is 4.24.